The van der Waals surface area contributed by atoms with Gasteiger partial charge in [0.2, 0.25) is 0 Å². The van der Waals surface area contributed by atoms with Crippen LogP contribution < -0.4 is 9.47 Å². The van der Waals surface area contributed by atoms with Gasteiger partial charge in [0.1, 0.15) is 11.5 Å². The van der Waals surface area contributed by atoms with Crippen LogP contribution >= 0.6 is 0 Å². The van der Waals surface area contributed by atoms with Crippen LogP contribution in [0, 0.1) is 11.8 Å². The standard InChI is InChI=1S/C31H44O5/c1-5-6-7-8-9-10-22-34-28-18-14-27(15-19-28)31(33)36-29-20-16-26(17-21-29)30(32)35-23-25(4)13-11-12-24(2)3/h14-21,24-25H,5-13,22-23H2,1-4H3. The molecule has 0 bridgehead atoms. The predicted octanol–water partition coefficient (Wildman–Crippen LogP) is 8.26. The van der Waals surface area contributed by atoms with Gasteiger partial charge in [-0.15, -0.1) is 0 Å². The van der Waals surface area contributed by atoms with E-state index in [1.807, 2.05) is 0 Å². The Morgan fingerprint density at radius 3 is 1.92 bits per heavy atom. The maximum Gasteiger partial charge on any atom is 0.343 e. The first-order chi connectivity index (χ1) is 17.4. The Morgan fingerprint density at radius 1 is 0.694 bits per heavy atom. The van der Waals surface area contributed by atoms with Gasteiger partial charge in [0.05, 0.1) is 24.3 Å². The van der Waals surface area contributed by atoms with Crippen LogP contribution in [0.15, 0.2) is 48.5 Å². The molecule has 0 aliphatic carbocycles. The van der Waals surface area contributed by atoms with Crippen LogP contribution in [-0.2, 0) is 4.74 Å². The number of carbonyl (C=O) groups is 2. The predicted molar refractivity (Wildman–Crippen MR) is 145 cm³/mol. The minimum Gasteiger partial charge on any atom is -0.494 e. The van der Waals surface area contributed by atoms with Crippen LogP contribution in [0.3, 0.4) is 0 Å². The molecule has 0 aromatic heterocycles. The third kappa shape index (κ3) is 11.7. The van der Waals surface area contributed by atoms with Crippen molar-refractivity contribution in [3.63, 3.8) is 0 Å². The van der Waals surface area contributed by atoms with Gasteiger partial charge in [-0.3, -0.25) is 0 Å². The molecule has 0 spiro atoms. The summed E-state index contributed by atoms with van der Waals surface area (Å²) in [6.07, 6.45) is 10.7. The van der Waals surface area contributed by atoms with Crippen molar-refractivity contribution < 1.29 is 23.8 Å². The molecule has 36 heavy (non-hydrogen) atoms. The van der Waals surface area contributed by atoms with Gasteiger partial charge in [-0.2, -0.15) is 0 Å². The van der Waals surface area contributed by atoms with Crippen molar-refractivity contribution in [2.45, 2.75) is 85.5 Å². The molecule has 0 amide bonds. The quantitative estimate of drug-likeness (QED) is 0.125. The Kier molecular flexibility index (Phi) is 13.7. The Morgan fingerprint density at radius 2 is 1.28 bits per heavy atom. The van der Waals surface area contributed by atoms with Gasteiger partial charge in [-0.05, 0) is 73.2 Å². The van der Waals surface area contributed by atoms with E-state index in [0.29, 0.717) is 41.9 Å². The number of carbonyl (C=O) groups excluding carboxylic acids is 2. The van der Waals surface area contributed by atoms with Crippen LogP contribution in [0.2, 0.25) is 0 Å². The highest BCUT2D eigenvalue weighted by atomic mass is 16.5. The molecule has 0 N–H and O–H groups in total. The summed E-state index contributed by atoms with van der Waals surface area (Å²) in [5, 5.41) is 0. The first-order valence-electron chi connectivity index (χ1n) is 13.6. The Labute approximate surface area is 217 Å². The van der Waals surface area contributed by atoms with Gasteiger partial charge in [0.25, 0.3) is 0 Å². The van der Waals surface area contributed by atoms with Crippen molar-refractivity contribution >= 4 is 11.9 Å². The van der Waals surface area contributed by atoms with E-state index in [-0.39, 0.29) is 5.97 Å². The smallest absolute Gasteiger partial charge is 0.343 e. The van der Waals surface area contributed by atoms with Crippen molar-refractivity contribution in [3.05, 3.63) is 59.7 Å². The summed E-state index contributed by atoms with van der Waals surface area (Å²) in [6.45, 7) is 9.84. The highest BCUT2D eigenvalue weighted by Gasteiger charge is 2.13. The Balaban J connectivity index is 1.72. The highest BCUT2D eigenvalue weighted by Crippen LogP contribution is 2.18. The number of rotatable bonds is 17. The summed E-state index contributed by atoms with van der Waals surface area (Å²) < 4.78 is 16.7. The summed E-state index contributed by atoms with van der Waals surface area (Å²) in [7, 11) is 0. The minimum absolute atomic E-state index is 0.334. The molecular formula is C31H44O5. The molecule has 0 saturated heterocycles. The molecule has 5 heteroatoms. The Bertz CT molecular complexity index is 886. The summed E-state index contributed by atoms with van der Waals surface area (Å²) in [6, 6.07) is 13.4. The van der Waals surface area contributed by atoms with E-state index in [1.54, 1.807) is 48.5 Å². The summed E-state index contributed by atoms with van der Waals surface area (Å²) >= 11 is 0. The van der Waals surface area contributed by atoms with Crippen molar-refractivity contribution in [2.75, 3.05) is 13.2 Å². The monoisotopic (exact) mass is 496 g/mol. The average molecular weight is 497 g/mol. The first-order valence-corrected chi connectivity index (χ1v) is 13.6. The molecule has 1 atom stereocenters. The summed E-state index contributed by atoms with van der Waals surface area (Å²) in [5.74, 6) is 1.34. The second-order valence-corrected chi connectivity index (χ2v) is 10.1. The van der Waals surface area contributed by atoms with Crippen molar-refractivity contribution in [1.29, 1.82) is 0 Å². The van der Waals surface area contributed by atoms with E-state index in [2.05, 4.69) is 27.7 Å². The highest BCUT2D eigenvalue weighted by molar-refractivity contribution is 5.92. The molecule has 1 unspecified atom stereocenters. The van der Waals surface area contributed by atoms with Crippen molar-refractivity contribution in [1.82, 2.24) is 0 Å². The maximum atomic E-state index is 12.5. The molecule has 2 rings (SSSR count). The topological polar surface area (TPSA) is 61.8 Å². The zero-order chi connectivity index (χ0) is 26.2. The van der Waals surface area contributed by atoms with Crippen molar-refractivity contribution in [2.24, 2.45) is 11.8 Å². The van der Waals surface area contributed by atoms with E-state index >= 15 is 0 Å². The van der Waals surface area contributed by atoms with Gasteiger partial charge >= 0.3 is 11.9 Å². The third-order valence-electron chi connectivity index (χ3n) is 6.13. The second kappa shape index (κ2) is 16.8. The molecule has 0 heterocycles. The fourth-order valence-corrected chi connectivity index (χ4v) is 3.84. The summed E-state index contributed by atoms with van der Waals surface area (Å²) in [5.41, 5.74) is 0.882. The normalized spacial score (nSPS) is 11.8. The number of hydrogen-bond acceptors (Lipinski definition) is 5. The number of ether oxygens (including phenoxy) is 3. The average Bonchev–Trinajstić information content (AvgIpc) is 2.87. The van der Waals surface area contributed by atoms with E-state index in [9.17, 15) is 9.59 Å². The fourth-order valence-electron chi connectivity index (χ4n) is 3.84. The Hall–Kier alpha value is -2.82. The van der Waals surface area contributed by atoms with Gasteiger partial charge in [0.15, 0.2) is 0 Å². The molecule has 198 valence electrons. The molecule has 0 aliphatic heterocycles. The maximum absolute atomic E-state index is 12.5. The van der Waals surface area contributed by atoms with Crippen LogP contribution in [-0.4, -0.2) is 25.2 Å². The number of unbranched alkanes of at least 4 members (excludes halogenated alkanes) is 5. The van der Waals surface area contributed by atoms with Crippen LogP contribution in [0.1, 0.15) is 106 Å². The molecule has 0 fully saturated rings. The number of esters is 2. The van der Waals surface area contributed by atoms with E-state index in [4.69, 9.17) is 14.2 Å². The zero-order valence-electron chi connectivity index (χ0n) is 22.6. The van der Waals surface area contributed by atoms with E-state index < -0.39 is 5.97 Å². The van der Waals surface area contributed by atoms with Gasteiger partial charge in [-0.1, -0.05) is 72.6 Å². The minimum atomic E-state index is -0.456. The lowest BCUT2D eigenvalue weighted by atomic mass is 10.0. The fraction of sp³-hybridized carbons (Fsp3) is 0.548. The molecular weight excluding hydrogens is 452 g/mol. The molecule has 2 aromatic rings. The lowest BCUT2D eigenvalue weighted by Crippen LogP contribution is -2.13. The molecule has 0 saturated carbocycles. The summed E-state index contributed by atoms with van der Waals surface area (Å²) in [4.78, 5) is 24.8. The van der Waals surface area contributed by atoms with Gasteiger partial charge < -0.3 is 14.2 Å². The van der Waals surface area contributed by atoms with Gasteiger partial charge in [-0.25, -0.2) is 9.59 Å². The SMILES string of the molecule is CCCCCCCCOc1ccc(C(=O)Oc2ccc(C(=O)OCC(C)CCCC(C)C)cc2)cc1. The second-order valence-electron chi connectivity index (χ2n) is 10.1. The zero-order valence-corrected chi connectivity index (χ0v) is 22.6. The number of benzene rings is 2. The molecule has 2 aromatic carbocycles. The molecule has 0 aliphatic rings. The molecule has 0 radical (unpaired) electrons. The third-order valence-corrected chi connectivity index (χ3v) is 6.13. The van der Waals surface area contributed by atoms with Crippen LogP contribution in [0.5, 0.6) is 11.5 Å². The largest absolute Gasteiger partial charge is 0.494 e. The molecule has 5 nitrogen and oxygen atoms in total. The van der Waals surface area contributed by atoms with Gasteiger partial charge in [0, 0.05) is 0 Å². The van der Waals surface area contributed by atoms with Crippen molar-refractivity contribution in [3.8, 4) is 11.5 Å². The van der Waals surface area contributed by atoms with E-state index in [0.717, 1.165) is 25.0 Å². The van der Waals surface area contributed by atoms with Crippen LogP contribution in [0.4, 0.5) is 0 Å². The lowest BCUT2D eigenvalue weighted by Gasteiger charge is -2.13. The lowest BCUT2D eigenvalue weighted by molar-refractivity contribution is 0.0442. The first kappa shape index (κ1) is 29.4. The van der Waals surface area contributed by atoms with Crippen LogP contribution in [0.25, 0.3) is 0 Å². The van der Waals surface area contributed by atoms with E-state index in [1.165, 1.54) is 38.5 Å². The number of hydrogen-bond donors (Lipinski definition) is 0.